The molecule has 9 heterocycles. The number of benzene rings is 2. The van der Waals surface area contributed by atoms with Gasteiger partial charge < -0.3 is 50.1 Å². The maximum Gasteiger partial charge on any atom is 0.243 e. The highest BCUT2D eigenvalue weighted by Crippen LogP contribution is 2.41. The third-order valence-corrected chi connectivity index (χ3v) is 17.5. The predicted molar refractivity (Wildman–Crippen MR) is 294 cm³/mol. The molecule has 11 rings (SSSR count). The first-order chi connectivity index (χ1) is 37.2. The van der Waals surface area contributed by atoms with Gasteiger partial charge in [-0.2, -0.15) is 0 Å². The van der Waals surface area contributed by atoms with Crippen molar-refractivity contribution >= 4 is 46.2 Å². The summed E-state index contributed by atoms with van der Waals surface area (Å²) in [5.41, 5.74) is 14.2. The number of nitrogen functional groups attached to an aromatic ring is 1. The lowest BCUT2D eigenvalue weighted by Gasteiger charge is -2.43. The van der Waals surface area contributed by atoms with Crippen LogP contribution in [0.15, 0.2) is 89.0 Å². The first-order valence-electron chi connectivity index (χ1n) is 27.2. The molecule has 77 heavy (non-hydrogen) atoms. The number of aliphatic hydroxyl groups excluding tert-OH is 1. The number of nitrogens with zero attached hydrogens (tertiary/aromatic N) is 10. The largest absolute Gasteiger partial charge is 0.507 e. The Kier molecular flexibility index (Phi) is 15.1. The highest BCUT2D eigenvalue weighted by atomic mass is 32.1. The predicted octanol–water partition coefficient (Wildman–Crippen LogP) is 7.39. The van der Waals surface area contributed by atoms with Gasteiger partial charge in [-0.15, -0.1) is 21.5 Å². The lowest BCUT2D eigenvalue weighted by molar-refractivity contribution is -0.141. The number of piperidine rings is 2. The van der Waals surface area contributed by atoms with Gasteiger partial charge in [0.2, 0.25) is 17.7 Å². The molecule has 5 saturated heterocycles. The summed E-state index contributed by atoms with van der Waals surface area (Å²) in [5.74, 6) is 0.961. The summed E-state index contributed by atoms with van der Waals surface area (Å²) in [6.45, 7) is 12.6. The van der Waals surface area contributed by atoms with Crippen molar-refractivity contribution in [3.63, 3.8) is 0 Å². The molecule has 6 aromatic rings. The van der Waals surface area contributed by atoms with E-state index >= 15 is 4.39 Å². The van der Waals surface area contributed by atoms with Crippen LogP contribution in [0.25, 0.3) is 21.7 Å². The summed E-state index contributed by atoms with van der Waals surface area (Å²) in [6.07, 6.45) is 3.70. The molecular weight excluding hydrogens is 1000 g/mol. The number of anilines is 4. The zero-order valence-electron chi connectivity index (χ0n) is 44.1. The van der Waals surface area contributed by atoms with Crippen LogP contribution in [0, 0.1) is 18.8 Å². The van der Waals surface area contributed by atoms with E-state index in [-0.39, 0.29) is 54.6 Å². The molecule has 8 atom stereocenters. The van der Waals surface area contributed by atoms with Gasteiger partial charge in [-0.3, -0.25) is 14.5 Å². The van der Waals surface area contributed by atoms with E-state index in [4.69, 9.17) is 15.0 Å². The number of para-hydroxylation sites is 1. The van der Waals surface area contributed by atoms with Gasteiger partial charge in [-0.1, -0.05) is 55.4 Å². The van der Waals surface area contributed by atoms with Crippen LogP contribution >= 0.6 is 11.3 Å². The van der Waals surface area contributed by atoms with Gasteiger partial charge >= 0.3 is 0 Å². The minimum Gasteiger partial charge on any atom is -0.507 e. The molecule has 406 valence electrons. The van der Waals surface area contributed by atoms with Gasteiger partial charge in [-0.05, 0) is 93.2 Å². The molecule has 2 bridgehead atoms. The number of amides is 2. The minimum absolute atomic E-state index is 0.0564. The number of aromatic hydroxyl groups is 1. The third kappa shape index (κ3) is 11.0. The molecular formula is C57H69FN12O6S. The molecule has 0 saturated carbocycles. The van der Waals surface area contributed by atoms with Crippen LogP contribution in [0.5, 0.6) is 11.6 Å². The first-order valence-corrected chi connectivity index (χ1v) is 28.1. The van der Waals surface area contributed by atoms with Gasteiger partial charge in [0.25, 0.3) is 0 Å². The zero-order chi connectivity index (χ0) is 53.5. The Hall–Kier alpha value is -6.90. The van der Waals surface area contributed by atoms with Crippen LogP contribution in [0.2, 0.25) is 0 Å². The van der Waals surface area contributed by atoms with Crippen molar-refractivity contribution in [2.45, 2.75) is 115 Å². The Balaban J connectivity index is 0.647. The summed E-state index contributed by atoms with van der Waals surface area (Å²) < 4.78 is 28.3. The number of fused-ring (bicyclic) bond motifs is 2. The minimum atomic E-state index is -1.17. The normalized spacial score (nSPS) is 23.9. The molecule has 20 heteroatoms. The second kappa shape index (κ2) is 22.2. The number of phenols is 1. The number of aromatic nitrogens is 5. The van der Waals surface area contributed by atoms with E-state index in [9.17, 15) is 19.8 Å². The van der Waals surface area contributed by atoms with E-state index in [1.54, 1.807) is 29.7 Å². The van der Waals surface area contributed by atoms with Gasteiger partial charge in [0.15, 0.2) is 17.4 Å². The molecule has 0 radical (unpaired) electrons. The van der Waals surface area contributed by atoms with E-state index in [0.717, 1.165) is 98.0 Å². The highest BCUT2D eigenvalue weighted by molar-refractivity contribution is 7.13. The molecule has 4 aromatic heterocycles. The van der Waals surface area contributed by atoms with Crippen LogP contribution in [-0.2, 0) is 9.59 Å². The lowest BCUT2D eigenvalue weighted by Crippen LogP contribution is -2.54. The number of nitrogens with two attached hydrogens (primary N) is 1. The fraction of sp³-hybridized carbons (Fsp3) is 0.491. The Morgan fingerprint density at radius 3 is 2.39 bits per heavy atom. The van der Waals surface area contributed by atoms with E-state index in [1.807, 2.05) is 93.9 Å². The van der Waals surface area contributed by atoms with Crippen LogP contribution in [-0.4, -0.2) is 146 Å². The van der Waals surface area contributed by atoms with Crippen molar-refractivity contribution in [3.05, 3.63) is 102 Å². The smallest absolute Gasteiger partial charge is 0.243 e. The van der Waals surface area contributed by atoms with Crippen molar-refractivity contribution in [1.29, 1.82) is 0 Å². The average Bonchev–Trinajstić information content (AvgIpc) is 4.31. The first kappa shape index (κ1) is 52.2. The number of likely N-dealkylation sites (tertiary alicyclic amines) is 2. The van der Waals surface area contributed by atoms with Crippen molar-refractivity contribution in [2.75, 3.05) is 72.8 Å². The van der Waals surface area contributed by atoms with E-state index < -0.39 is 30.3 Å². The van der Waals surface area contributed by atoms with E-state index in [1.165, 1.54) is 4.90 Å². The van der Waals surface area contributed by atoms with Crippen molar-refractivity contribution in [1.82, 2.24) is 40.4 Å². The number of pyridine rings is 1. The summed E-state index contributed by atoms with van der Waals surface area (Å²) in [5, 5.41) is 37.3. The highest BCUT2D eigenvalue weighted by Gasteiger charge is 2.45. The molecule has 2 aromatic carbocycles. The molecule has 0 aliphatic carbocycles. The molecule has 5 aliphatic heterocycles. The van der Waals surface area contributed by atoms with Crippen molar-refractivity contribution in [3.8, 4) is 33.3 Å². The fourth-order valence-electron chi connectivity index (χ4n) is 12.4. The molecule has 5 fully saturated rings. The number of aliphatic hydroxyl groups is 1. The van der Waals surface area contributed by atoms with Crippen LogP contribution < -0.4 is 30.5 Å². The number of aryl methyl sites for hydroxylation is 1. The van der Waals surface area contributed by atoms with Gasteiger partial charge in [0.1, 0.15) is 30.0 Å². The summed E-state index contributed by atoms with van der Waals surface area (Å²) in [6, 6.07) is 22.1. The molecule has 18 nitrogen and oxygen atoms in total. The fourth-order valence-corrected chi connectivity index (χ4v) is 13.2. The number of hydrogen-bond donors (Lipinski definition) is 4. The van der Waals surface area contributed by atoms with Gasteiger partial charge in [-0.25, -0.2) is 14.4 Å². The van der Waals surface area contributed by atoms with Crippen molar-refractivity contribution in [2.24, 2.45) is 11.8 Å². The SMILES string of the molecule is Cc1ncsc1-c1ccc([C@H](C)NC(=O)[C@H]2C[C@@H](O)CN2C(=O)[C@@H](c2cc(N3CCC(CN4CC[C@@H](Oc5cc(N6C7CCC6CN(c6cc(-c8ccccc8O)nnc6N)C7)ccn5)[C@@H](F)C4)CC3)no2)C(C)C)cc1. The Labute approximate surface area is 452 Å². The number of thiazole rings is 1. The molecule has 5 aliphatic rings. The Morgan fingerprint density at radius 1 is 0.909 bits per heavy atom. The monoisotopic (exact) mass is 1070 g/mol. The number of phenolic OH excluding ortho intramolecular Hbond substituents is 1. The van der Waals surface area contributed by atoms with Gasteiger partial charge in [0, 0.05) is 100 Å². The number of halogens is 1. The van der Waals surface area contributed by atoms with Crippen molar-refractivity contribution < 1.29 is 33.5 Å². The maximum absolute atomic E-state index is 16.0. The average molecular weight is 1070 g/mol. The number of nitrogens with one attached hydrogen (secondary N) is 1. The summed E-state index contributed by atoms with van der Waals surface area (Å²) in [7, 11) is 0. The molecule has 5 N–H and O–H groups in total. The van der Waals surface area contributed by atoms with Gasteiger partial charge in [0.05, 0.1) is 39.6 Å². The number of rotatable bonds is 15. The molecule has 2 amide bonds. The van der Waals surface area contributed by atoms with Crippen LogP contribution in [0.1, 0.15) is 88.3 Å². The number of carbonyl (C=O) groups excluding carboxylic acids is 2. The third-order valence-electron chi connectivity index (χ3n) is 16.5. The quantitative estimate of drug-likeness (QED) is 0.0789. The number of hydrogen-bond acceptors (Lipinski definition) is 17. The topological polar surface area (TPSA) is 216 Å². The number of ether oxygens (including phenoxy) is 1. The Bertz CT molecular complexity index is 3030. The number of alkyl halides is 1. The van der Waals surface area contributed by atoms with Crippen LogP contribution in [0.4, 0.5) is 27.4 Å². The van der Waals surface area contributed by atoms with Crippen LogP contribution in [0.3, 0.4) is 0 Å². The maximum atomic E-state index is 16.0. The van der Waals surface area contributed by atoms with E-state index in [0.29, 0.717) is 53.4 Å². The van der Waals surface area contributed by atoms with E-state index in [2.05, 4.69) is 50.2 Å². The zero-order valence-corrected chi connectivity index (χ0v) is 44.9. The number of carbonyl (C=O) groups is 2. The second-order valence-electron chi connectivity index (χ2n) is 22.0. The summed E-state index contributed by atoms with van der Waals surface area (Å²) >= 11 is 1.59. The summed E-state index contributed by atoms with van der Waals surface area (Å²) in [4.78, 5) is 48.9. The molecule has 0 spiro atoms. The number of β-amino-alcohol motifs (C(OH)–C–C–N with tert-alkyl or cyclic N) is 1. The number of piperazine rings is 1. The lowest BCUT2D eigenvalue weighted by atomic mass is 9.91. The second-order valence-corrected chi connectivity index (χ2v) is 22.9. The molecule has 2 unspecified atom stereocenters. The Morgan fingerprint density at radius 2 is 1.68 bits per heavy atom. The standard InChI is InChI=1S/C57H69FN12O6S/c1-33(2)53(57(74)69-30-42(71)24-47(69)56(73)62-34(3)37-9-11-38(12-10-37)54-35(4)61-32-77-54)50-26-51(65-76-50)67-21-16-36(17-22-67)27-66-20-18-49(44(58)31-66)75-52-23-39(15-19-60-52)70-40-13-14-41(70)29-68(28-40)46-25-45(63-64-55(46)59)43-7-5-6-8-48(43)72/h5-12,15,19,23,25-26,32-34,36,40-42,44,47,49,53,71-72H,13-14,16-18,20-22,24,27-31H2,1-4H3,(H2,59,64)(H,62,73)/t34-,40?,41?,42+,44-,47+,49+,53+/m0/s1.